The zero-order valence-corrected chi connectivity index (χ0v) is 28.9. The zero-order chi connectivity index (χ0) is 30.4. The number of rotatable bonds is 28. The second-order valence-corrected chi connectivity index (χ2v) is 13.1. The average Bonchev–Trinajstić information content (AvgIpc) is 2.90. The molecule has 1 atom stereocenters. The number of hydrogen-bond acceptors (Lipinski definition) is 9. The smallest absolute Gasteiger partial charge is 0.0303 e. The van der Waals surface area contributed by atoms with E-state index in [2.05, 4.69) is 103 Å². The Morgan fingerprint density at radius 1 is 0.750 bits per heavy atom. The number of likely N-dealkylation sites (N-methyl/N-ethyl adjacent to an activating group) is 3. The second kappa shape index (κ2) is 24.1. The van der Waals surface area contributed by atoms with Gasteiger partial charge in [-0.25, -0.2) is 0 Å². The highest BCUT2D eigenvalue weighted by atomic mass is 32.1. The van der Waals surface area contributed by atoms with Crippen LogP contribution >= 0.6 is 12.6 Å². The Labute approximate surface area is 255 Å². The van der Waals surface area contributed by atoms with Crippen LogP contribution in [0.4, 0.5) is 0 Å². The fourth-order valence-electron chi connectivity index (χ4n) is 5.28. The molecule has 8 nitrogen and oxygen atoms in total. The van der Waals surface area contributed by atoms with Gasteiger partial charge < -0.3 is 36.0 Å². The van der Waals surface area contributed by atoms with Crippen molar-refractivity contribution in [1.29, 1.82) is 0 Å². The van der Waals surface area contributed by atoms with Crippen molar-refractivity contribution in [3.8, 4) is 0 Å². The lowest BCUT2D eigenvalue weighted by Crippen LogP contribution is -2.45. The van der Waals surface area contributed by atoms with Crippen molar-refractivity contribution in [3.05, 3.63) is 12.3 Å². The molecule has 4 N–H and O–H groups in total. The van der Waals surface area contributed by atoms with Gasteiger partial charge in [-0.15, -0.1) is 0 Å². The molecule has 1 unspecified atom stereocenters. The molecule has 0 amide bonds. The van der Waals surface area contributed by atoms with Gasteiger partial charge in [-0.05, 0) is 58.7 Å². The minimum Gasteiger partial charge on any atom is -0.372 e. The number of hydrogen-bond donors (Lipinski definition) is 4. The summed E-state index contributed by atoms with van der Waals surface area (Å²) in [5.41, 5.74) is 7.23. The molecule has 0 aromatic rings. The van der Waals surface area contributed by atoms with Crippen molar-refractivity contribution in [1.82, 2.24) is 35.1 Å². The summed E-state index contributed by atoms with van der Waals surface area (Å²) in [6.07, 6.45) is 3.39. The molecule has 0 rings (SSSR count). The van der Waals surface area contributed by atoms with Crippen molar-refractivity contribution in [2.45, 2.75) is 59.1 Å². The third-order valence-electron chi connectivity index (χ3n) is 7.82. The molecular formula is C31H70N8S. The lowest BCUT2D eigenvalue weighted by molar-refractivity contribution is 0.163. The summed E-state index contributed by atoms with van der Waals surface area (Å²) < 4.78 is 0. The Morgan fingerprint density at radius 2 is 1.18 bits per heavy atom. The maximum Gasteiger partial charge on any atom is 0.0303 e. The fraction of sp³-hybridized carbons (Fsp3) is 0.935. The van der Waals surface area contributed by atoms with Crippen LogP contribution in [-0.2, 0) is 0 Å². The molecule has 0 bridgehead atoms. The van der Waals surface area contributed by atoms with Gasteiger partial charge in [0.1, 0.15) is 0 Å². The van der Waals surface area contributed by atoms with Gasteiger partial charge in [-0.2, -0.15) is 12.6 Å². The summed E-state index contributed by atoms with van der Waals surface area (Å²) in [5, 5.41) is 6.99. The summed E-state index contributed by atoms with van der Waals surface area (Å²) in [6.45, 7) is 32.6. The summed E-state index contributed by atoms with van der Waals surface area (Å²) >= 11 is 4.65. The summed E-state index contributed by atoms with van der Waals surface area (Å²) in [5.74, 6) is 0. The Kier molecular flexibility index (Phi) is 23.9. The zero-order valence-electron chi connectivity index (χ0n) is 28.0. The largest absolute Gasteiger partial charge is 0.372 e. The van der Waals surface area contributed by atoms with Gasteiger partial charge in [0.25, 0.3) is 0 Å². The summed E-state index contributed by atoms with van der Waals surface area (Å²) in [4.78, 5) is 12.8. The number of thiol groups is 1. The highest BCUT2D eigenvalue weighted by Gasteiger charge is 2.27. The first kappa shape index (κ1) is 39.6. The normalized spacial score (nSPS) is 13.2. The quantitative estimate of drug-likeness (QED) is 0.104. The Hall–Kier alpha value is -0.390. The minimum absolute atomic E-state index is 0.0162. The molecule has 0 aromatic heterocycles. The molecule has 0 aliphatic heterocycles. The standard InChI is InChI=1S/C31H70N8S/c1-10-15-36(18-13-33-7)22-20-35(9)21-23-38(19-14-34-8)25-24-37(16-11-2)26-27-39(17-12-32)30(4)31(5,6)28-29(3)40/h29,33-34,40H,4,10-28,32H2,1-3,5-9H3. The average molecular weight is 587 g/mol. The van der Waals surface area contributed by atoms with E-state index in [-0.39, 0.29) is 5.41 Å². The molecule has 0 radical (unpaired) electrons. The van der Waals surface area contributed by atoms with Gasteiger partial charge in [-0.3, -0.25) is 4.90 Å². The van der Waals surface area contributed by atoms with Gasteiger partial charge in [0.05, 0.1) is 0 Å². The van der Waals surface area contributed by atoms with Gasteiger partial charge >= 0.3 is 0 Å². The monoisotopic (exact) mass is 587 g/mol. The topological polar surface area (TPSA) is 66.3 Å². The number of allylic oxidation sites excluding steroid dienone is 1. The molecule has 0 saturated heterocycles. The summed E-state index contributed by atoms with van der Waals surface area (Å²) in [6, 6.07) is 0. The Bertz CT molecular complexity index is 604. The van der Waals surface area contributed by atoms with Gasteiger partial charge in [0, 0.05) is 103 Å². The van der Waals surface area contributed by atoms with Crippen molar-refractivity contribution < 1.29 is 0 Å². The number of nitrogens with one attached hydrogen (secondary N) is 2. The van der Waals surface area contributed by atoms with Crippen LogP contribution in [-0.4, -0.2) is 156 Å². The highest BCUT2D eigenvalue weighted by Crippen LogP contribution is 2.33. The van der Waals surface area contributed by atoms with Crippen molar-refractivity contribution in [2.24, 2.45) is 11.1 Å². The minimum atomic E-state index is 0.0162. The van der Waals surface area contributed by atoms with Crippen LogP contribution in [0.1, 0.15) is 53.9 Å². The molecular weight excluding hydrogens is 516 g/mol. The molecule has 0 fully saturated rings. The van der Waals surface area contributed by atoms with Crippen LogP contribution in [0.3, 0.4) is 0 Å². The lowest BCUT2D eigenvalue weighted by Gasteiger charge is -2.39. The predicted octanol–water partition coefficient (Wildman–Crippen LogP) is 2.59. The van der Waals surface area contributed by atoms with Gasteiger partial charge in [-0.1, -0.05) is 41.2 Å². The van der Waals surface area contributed by atoms with E-state index in [0.29, 0.717) is 11.8 Å². The van der Waals surface area contributed by atoms with E-state index >= 15 is 0 Å². The van der Waals surface area contributed by atoms with Crippen LogP contribution in [0.5, 0.6) is 0 Å². The Morgan fingerprint density at radius 3 is 1.60 bits per heavy atom. The molecule has 9 heteroatoms. The first-order chi connectivity index (χ1) is 19.0. The third-order valence-corrected chi connectivity index (χ3v) is 8.00. The van der Waals surface area contributed by atoms with E-state index < -0.39 is 0 Å². The van der Waals surface area contributed by atoms with E-state index in [1.54, 1.807) is 0 Å². The van der Waals surface area contributed by atoms with Crippen molar-refractivity contribution in [3.63, 3.8) is 0 Å². The van der Waals surface area contributed by atoms with E-state index in [1.807, 2.05) is 7.05 Å². The van der Waals surface area contributed by atoms with E-state index in [1.165, 1.54) is 25.1 Å². The first-order valence-electron chi connectivity index (χ1n) is 16.0. The molecule has 0 saturated carbocycles. The van der Waals surface area contributed by atoms with Crippen molar-refractivity contribution in [2.75, 3.05) is 126 Å². The Balaban J connectivity index is 4.97. The maximum atomic E-state index is 6.02. The fourth-order valence-corrected chi connectivity index (χ4v) is 5.74. The van der Waals surface area contributed by atoms with Crippen molar-refractivity contribution >= 4 is 12.6 Å². The van der Waals surface area contributed by atoms with Gasteiger partial charge in [0.2, 0.25) is 0 Å². The van der Waals surface area contributed by atoms with E-state index in [4.69, 9.17) is 5.73 Å². The molecule has 40 heavy (non-hydrogen) atoms. The number of nitrogens with zero attached hydrogens (tertiary/aromatic N) is 5. The molecule has 0 aliphatic rings. The molecule has 240 valence electrons. The predicted molar refractivity (Wildman–Crippen MR) is 182 cm³/mol. The molecule has 0 aliphatic carbocycles. The molecule has 0 heterocycles. The highest BCUT2D eigenvalue weighted by molar-refractivity contribution is 7.80. The van der Waals surface area contributed by atoms with Crippen LogP contribution in [0.2, 0.25) is 0 Å². The second-order valence-electron chi connectivity index (χ2n) is 12.2. The van der Waals surface area contributed by atoms with Crippen LogP contribution < -0.4 is 16.4 Å². The van der Waals surface area contributed by atoms with Crippen LogP contribution in [0.25, 0.3) is 0 Å². The van der Waals surface area contributed by atoms with E-state index in [0.717, 1.165) is 98.0 Å². The van der Waals surface area contributed by atoms with Crippen LogP contribution in [0.15, 0.2) is 12.3 Å². The summed E-state index contributed by atoms with van der Waals surface area (Å²) in [7, 11) is 6.36. The molecule has 0 spiro atoms. The molecule has 0 aromatic carbocycles. The lowest BCUT2D eigenvalue weighted by atomic mass is 9.84. The SMILES string of the molecule is C=C(N(CCN)CCN(CCC)CCN(CCNC)CCN(C)CCN(CCC)CCNC)C(C)(C)CC(C)S. The van der Waals surface area contributed by atoms with Crippen LogP contribution in [0, 0.1) is 5.41 Å². The van der Waals surface area contributed by atoms with E-state index in [9.17, 15) is 0 Å². The maximum absolute atomic E-state index is 6.02. The van der Waals surface area contributed by atoms with Gasteiger partial charge in [0.15, 0.2) is 0 Å². The first-order valence-corrected chi connectivity index (χ1v) is 16.5. The third kappa shape index (κ3) is 18.9. The number of nitrogens with two attached hydrogens (primary N) is 1.